The van der Waals surface area contributed by atoms with Gasteiger partial charge in [-0.2, -0.15) is 0 Å². The van der Waals surface area contributed by atoms with Crippen LogP contribution in [0.4, 0.5) is 0 Å². The van der Waals surface area contributed by atoms with Crippen LogP contribution in [0.15, 0.2) is 0 Å². The molecule has 0 aliphatic rings. The lowest BCUT2D eigenvalue weighted by molar-refractivity contribution is -0.171. The van der Waals surface area contributed by atoms with E-state index in [1.165, 1.54) is 0 Å². The summed E-state index contributed by atoms with van der Waals surface area (Å²) in [7, 11) is 0. The largest absolute Gasteiger partial charge is 0.463 e. The fourth-order valence-corrected chi connectivity index (χ4v) is 5.32. The molecule has 0 bridgehead atoms. The average Bonchev–Trinajstić information content (AvgIpc) is 3.06. The van der Waals surface area contributed by atoms with Gasteiger partial charge in [0.15, 0.2) is 6.10 Å². The molecule has 0 saturated heterocycles. The number of carbonyl (C=O) groups excluding carboxylic acids is 4. The molecule has 9 heteroatoms. The van der Waals surface area contributed by atoms with Gasteiger partial charge in [0, 0.05) is 19.3 Å². The molecule has 0 rings (SSSR count). The molecule has 2 unspecified atom stereocenters. The zero-order valence-electron chi connectivity index (χ0n) is 30.5. The van der Waals surface area contributed by atoms with Crippen molar-refractivity contribution in [3.63, 3.8) is 0 Å². The number of hydrogen-bond donors (Lipinski definition) is 1. The number of unbranched alkanes of at least 4 members (excludes halogenated alkanes) is 15. The van der Waals surface area contributed by atoms with Crippen molar-refractivity contribution < 1.29 is 43.2 Å². The van der Waals surface area contributed by atoms with E-state index >= 15 is 0 Å². The van der Waals surface area contributed by atoms with Crippen LogP contribution in [-0.4, -0.2) is 61.0 Å². The Labute approximate surface area is 286 Å². The van der Waals surface area contributed by atoms with Gasteiger partial charge in [0.25, 0.3) is 0 Å². The first kappa shape index (κ1) is 44.8. The summed E-state index contributed by atoms with van der Waals surface area (Å²) in [4.78, 5) is 50.4. The highest BCUT2D eigenvalue weighted by Gasteiger charge is 2.28. The summed E-state index contributed by atoms with van der Waals surface area (Å²) in [5.41, 5.74) is 0. The quantitative estimate of drug-likeness (QED) is 0.0414. The Bertz CT molecular complexity index is 755. The second kappa shape index (κ2) is 32.4. The Morgan fingerprint density at radius 1 is 0.489 bits per heavy atom. The summed E-state index contributed by atoms with van der Waals surface area (Å²) in [5, 5.41) is 10.7. The Morgan fingerprint density at radius 3 is 1.26 bits per heavy atom. The molecule has 276 valence electrons. The Hall–Kier alpha value is -2.16. The van der Waals surface area contributed by atoms with Gasteiger partial charge in [0.1, 0.15) is 19.8 Å². The molecule has 0 aromatic heterocycles. The van der Waals surface area contributed by atoms with E-state index in [0.717, 1.165) is 122 Å². The molecular weight excluding hydrogens is 600 g/mol. The van der Waals surface area contributed by atoms with Crippen LogP contribution in [0.3, 0.4) is 0 Å². The Morgan fingerprint density at radius 2 is 0.851 bits per heavy atom. The van der Waals surface area contributed by atoms with Crippen molar-refractivity contribution in [1.29, 1.82) is 0 Å². The van der Waals surface area contributed by atoms with Gasteiger partial charge in [-0.3, -0.25) is 19.2 Å². The minimum Gasteiger partial charge on any atom is -0.463 e. The average molecular weight is 671 g/mol. The molecular formula is C38H70O9. The molecule has 0 heterocycles. The maximum atomic E-state index is 13.4. The van der Waals surface area contributed by atoms with E-state index in [-0.39, 0.29) is 57.0 Å². The number of esters is 4. The van der Waals surface area contributed by atoms with Crippen LogP contribution in [0.2, 0.25) is 0 Å². The van der Waals surface area contributed by atoms with Crippen molar-refractivity contribution in [2.45, 2.75) is 194 Å². The number of aliphatic hydroxyl groups excluding tert-OH is 1. The normalized spacial score (nSPS) is 12.5. The lowest BCUT2D eigenvalue weighted by atomic mass is 9.95. The van der Waals surface area contributed by atoms with E-state index in [4.69, 9.17) is 18.9 Å². The number of rotatable bonds is 33. The summed E-state index contributed by atoms with van der Waals surface area (Å²) in [6.45, 7) is 7.93. The van der Waals surface area contributed by atoms with E-state index in [2.05, 4.69) is 27.7 Å². The molecule has 0 aliphatic carbocycles. The van der Waals surface area contributed by atoms with E-state index in [1.807, 2.05) is 0 Å². The fraction of sp³-hybridized carbons (Fsp3) is 0.895. The first-order chi connectivity index (χ1) is 22.8. The van der Waals surface area contributed by atoms with Gasteiger partial charge in [0.05, 0.1) is 12.0 Å². The van der Waals surface area contributed by atoms with Crippen molar-refractivity contribution in [3.8, 4) is 0 Å². The van der Waals surface area contributed by atoms with Crippen molar-refractivity contribution in [1.82, 2.24) is 0 Å². The first-order valence-electron chi connectivity index (χ1n) is 19.1. The van der Waals surface area contributed by atoms with Crippen LogP contribution in [0.5, 0.6) is 0 Å². The Balaban J connectivity index is 5.19. The van der Waals surface area contributed by atoms with Crippen LogP contribution in [-0.2, 0) is 38.1 Å². The lowest BCUT2D eigenvalue weighted by Crippen LogP contribution is -2.34. The monoisotopic (exact) mass is 671 g/mol. The third-order valence-corrected chi connectivity index (χ3v) is 8.33. The second-order valence-corrected chi connectivity index (χ2v) is 13.0. The number of carbonyl (C=O) groups is 4. The summed E-state index contributed by atoms with van der Waals surface area (Å²) in [6, 6.07) is 0. The summed E-state index contributed by atoms with van der Waals surface area (Å²) in [5.74, 6) is -2.27. The van der Waals surface area contributed by atoms with Gasteiger partial charge >= 0.3 is 23.9 Å². The van der Waals surface area contributed by atoms with Crippen molar-refractivity contribution in [2.75, 3.05) is 19.8 Å². The Kier molecular flexibility index (Phi) is 30.9. The number of hydrogen-bond acceptors (Lipinski definition) is 9. The molecule has 0 saturated carbocycles. The predicted molar refractivity (Wildman–Crippen MR) is 186 cm³/mol. The molecule has 0 spiro atoms. The molecule has 0 amide bonds. The van der Waals surface area contributed by atoms with Gasteiger partial charge in [-0.05, 0) is 32.1 Å². The van der Waals surface area contributed by atoms with Gasteiger partial charge < -0.3 is 24.1 Å². The van der Waals surface area contributed by atoms with Crippen molar-refractivity contribution >= 4 is 23.9 Å². The van der Waals surface area contributed by atoms with E-state index in [1.54, 1.807) is 0 Å². The van der Waals surface area contributed by atoms with Gasteiger partial charge in [-0.15, -0.1) is 0 Å². The van der Waals surface area contributed by atoms with Crippen LogP contribution >= 0.6 is 0 Å². The summed E-state index contributed by atoms with van der Waals surface area (Å²) < 4.78 is 22.0. The highest BCUT2D eigenvalue weighted by atomic mass is 16.6. The maximum absolute atomic E-state index is 13.4. The maximum Gasteiger partial charge on any atom is 0.309 e. The van der Waals surface area contributed by atoms with Gasteiger partial charge in [-0.1, -0.05) is 130 Å². The van der Waals surface area contributed by atoms with Crippen LogP contribution in [0, 0.1) is 5.92 Å². The lowest BCUT2D eigenvalue weighted by Gasteiger charge is -2.23. The first-order valence-corrected chi connectivity index (χ1v) is 19.1. The van der Waals surface area contributed by atoms with Crippen molar-refractivity contribution in [2.24, 2.45) is 5.92 Å². The topological polar surface area (TPSA) is 125 Å². The third kappa shape index (κ3) is 28.6. The van der Waals surface area contributed by atoms with E-state index in [0.29, 0.717) is 12.8 Å². The minimum atomic E-state index is -1.02. The molecule has 47 heavy (non-hydrogen) atoms. The number of ether oxygens (including phenoxy) is 4. The molecule has 2 atom stereocenters. The van der Waals surface area contributed by atoms with E-state index < -0.39 is 24.1 Å². The van der Waals surface area contributed by atoms with Crippen LogP contribution < -0.4 is 0 Å². The summed E-state index contributed by atoms with van der Waals surface area (Å²) >= 11 is 0. The molecule has 0 radical (unpaired) electrons. The highest BCUT2D eigenvalue weighted by molar-refractivity contribution is 5.73. The fourth-order valence-electron chi connectivity index (χ4n) is 5.32. The molecule has 0 aromatic rings. The van der Waals surface area contributed by atoms with Gasteiger partial charge in [0.2, 0.25) is 0 Å². The number of aliphatic hydroxyl groups is 1. The molecule has 0 aliphatic heterocycles. The van der Waals surface area contributed by atoms with Gasteiger partial charge in [-0.25, -0.2) is 0 Å². The predicted octanol–water partition coefficient (Wildman–Crippen LogP) is 8.95. The second-order valence-electron chi connectivity index (χ2n) is 13.0. The standard InChI is InChI=1S/C38H70O9/c1-5-9-13-17-21-25-35(40)44-29-33(39)28-32(24-20-16-12-8-4)38(43)47-34(30-45-36(41)26-22-18-14-10-6-2)31-46-37(42)27-23-19-15-11-7-3/h32-34,39H,5-31H2,1-4H3. The third-order valence-electron chi connectivity index (χ3n) is 8.33. The van der Waals surface area contributed by atoms with Crippen LogP contribution in [0.25, 0.3) is 0 Å². The summed E-state index contributed by atoms with van der Waals surface area (Å²) in [6.07, 6.45) is 18.4. The highest BCUT2D eigenvalue weighted by Crippen LogP contribution is 2.20. The zero-order valence-corrected chi connectivity index (χ0v) is 30.5. The zero-order chi connectivity index (χ0) is 35.0. The van der Waals surface area contributed by atoms with Crippen LogP contribution in [0.1, 0.15) is 182 Å². The van der Waals surface area contributed by atoms with Crippen molar-refractivity contribution in [3.05, 3.63) is 0 Å². The molecule has 0 fully saturated rings. The molecule has 1 N–H and O–H groups in total. The SMILES string of the molecule is CCCCCCCC(=O)OCC(O)CC(CCCCCC)C(=O)OC(COC(=O)CCCCCCC)COC(=O)CCCCCCC. The molecule has 0 aromatic carbocycles. The minimum absolute atomic E-state index is 0.0799. The smallest absolute Gasteiger partial charge is 0.309 e. The molecule has 9 nitrogen and oxygen atoms in total. The van der Waals surface area contributed by atoms with E-state index in [9.17, 15) is 24.3 Å².